The van der Waals surface area contributed by atoms with Crippen LogP contribution in [0.1, 0.15) is 16.7 Å². The number of furan rings is 1. The fourth-order valence-electron chi connectivity index (χ4n) is 2.54. The SMILES string of the molecule is Cc1ccc2occ(CC(=O)Nc3ccccc3C(F)(F)F)c2c1. The molecule has 24 heavy (non-hydrogen) atoms. The molecule has 124 valence electrons. The summed E-state index contributed by atoms with van der Waals surface area (Å²) >= 11 is 0. The third-order valence-electron chi connectivity index (χ3n) is 3.67. The Bertz CT molecular complexity index is 897. The Morgan fingerprint density at radius 3 is 2.67 bits per heavy atom. The number of rotatable bonds is 3. The van der Waals surface area contributed by atoms with Gasteiger partial charge in [-0.2, -0.15) is 13.2 Å². The summed E-state index contributed by atoms with van der Waals surface area (Å²) in [4.78, 5) is 12.2. The molecule has 1 N–H and O–H groups in total. The van der Waals surface area contributed by atoms with E-state index in [-0.39, 0.29) is 12.1 Å². The second-order valence-corrected chi connectivity index (χ2v) is 5.53. The van der Waals surface area contributed by atoms with Gasteiger partial charge in [0.05, 0.1) is 23.9 Å². The molecule has 3 nitrogen and oxygen atoms in total. The maximum Gasteiger partial charge on any atom is 0.418 e. The Morgan fingerprint density at radius 1 is 1.17 bits per heavy atom. The van der Waals surface area contributed by atoms with Gasteiger partial charge in [0.1, 0.15) is 5.58 Å². The van der Waals surface area contributed by atoms with Crippen molar-refractivity contribution in [2.24, 2.45) is 0 Å². The average molecular weight is 333 g/mol. The summed E-state index contributed by atoms with van der Waals surface area (Å²) in [5, 5.41) is 3.12. The van der Waals surface area contributed by atoms with E-state index in [0.717, 1.165) is 17.0 Å². The lowest BCUT2D eigenvalue weighted by Crippen LogP contribution is -2.18. The van der Waals surface area contributed by atoms with Crippen molar-refractivity contribution in [2.75, 3.05) is 5.32 Å². The molecular weight excluding hydrogens is 319 g/mol. The molecule has 6 heteroatoms. The predicted octanol–water partition coefficient (Wildman–Crippen LogP) is 4.94. The summed E-state index contributed by atoms with van der Waals surface area (Å²) in [6, 6.07) is 10.5. The summed E-state index contributed by atoms with van der Waals surface area (Å²) in [5.74, 6) is -0.532. The maximum absolute atomic E-state index is 13.0. The van der Waals surface area contributed by atoms with E-state index in [1.165, 1.54) is 24.5 Å². The van der Waals surface area contributed by atoms with E-state index in [4.69, 9.17) is 4.42 Å². The summed E-state index contributed by atoms with van der Waals surface area (Å²) in [6.45, 7) is 1.91. The number of nitrogens with one attached hydrogen (secondary N) is 1. The van der Waals surface area contributed by atoms with Crippen LogP contribution in [0.3, 0.4) is 0 Å². The highest BCUT2D eigenvalue weighted by Gasteiger charge is 2.33. The normalized spacial score (nSPS) is 11.7. The van der Waals surface area contributed by atoms with Gasteiger partial charge in [0, 0.05) is 10.9 Å². The summed E-state index contributed by atoms with van der Waals surface area (Å²) in [7, 11) is 0. The first-order valence-electron chi connectivity index (χ1n) is 7.27. The van der Waals surface area contributed by atoms with Crippen LogP contribution in [0.15, 0.2) is 53.1 Å². The van der Waals surface area contributed by atoms with Crippen LogP contribution in [0, 0.1) is 6.92 Å². The quantitative estimate of drug-likeness (QED) is 0.737. The van der Waals surface area contributed by atoms with Crippen molar-refractivity contribution in [3.63, 3.8) is 0 Å². The first kappa shape index (κ1) is 16.1. The largest absolute Gasteiger partial charge is 0.464 e. The number of hydrogen-bond donors (Lipinski definition) is 1. The molecule has 0 aliphatic carbocycles. The summed E-state index contributed by atoms with van der Waals surface area (Å²) < 4.78 is 44.3. The van der Waals surface area contributed by atoms with E-state index in [1.807, 2.05) is 19.1 Å². The zero-order chi connectivity index (χ0) is 17.3. The Morgan fingerprint density at radius 2 is 1.92 bits per heavy atom. The van der Waals surface area contributed by atoms with Gasteiger partial charge >= 0.3 is 6.18 Å². The average Bonchev–Trinajstić information content (AvgIpc) is 2.89. The minimum absolute atomic E-state index is 0.0668. The zero-order valence-corrected chi connectivity index (χ0v) is 12.8. The van der Waals surface area contributed by atoms with E-state index in [1.54, 1.807) is 6.07 Å². The zero-order valence-electron chi connectivity index (χ0n) is 12.8. The standard InChI is InChI=1S/C18H14F3NO2/c1-11-6-7-16-13(8-11)12(10-24-16)9-17(23)22-15-5-3-2-4-14(15)18(19,20)21/h2-8,10H,9H2,1H3,(H,22,23). The maximum atomic E-state index is 13.0. The van der Waals surface area contributed by atoms with E-state index >= 15 is 0 Å². The monoisotopic (exact) mass is 333 g/mol. The molecule has 0 saturated carbocycles. The van der Waals surface area contributed by atoms with Crippen molar-refractivity contribution in [1.29, 1.82) is 0 Å². The lowest BCUT2D eigenvalue weighted by atomic mass is 10.1. The number of carbonyl (C=O) groups excluding carboxylic acids is 1. The number of benzene rings is 2. The van der Waals surface area contributed by atoms with Crippen molar-refractivity contribution in [2.45, 2.75) is 19.5 Å². The number of fused-ring (bicyclic) bond motifs is 1. The Kier molecular flexibility index (Phi) is 4.05. The number of carbonyl (C=O) groups is 1. The van der Waals surface area contributed by atoms with Crippen molar-refractivity contribution in [3.8, 4) is 0 Å². The third kappa shape index (κ3) is 3.27. The third-order valence-corrected chi connectivity index (χ3v) is 3.67. The first-order chi connectivity index (χ1) is 11.3. The smallest absolute Gasteiger partial charge is 0.418 e. The molecule has 3 aromatic rings. The molecule has 1 aromatic heterocycles. The number of halogens is 3. The van der Waals surface area contributed by atoms with Crippen LogP contribution in [0.4, 0.5) is 18.9 Å². The van der Waals surface area contributed by atoms with Crippen LogP contribution < -0.4 is 5.32 Å². The van der Waals surface area contributed by atoms with Gasteiger partial charge in [-0.15, -0.1) is 0 Å². The predicted molar refractivity (Wildman–Crippen MR) is 84.7 cm³/mol. The van der Waals surface area contributed by atoms with Gasteiger partial charge in [-0.25, -0.2) is 0 Å². The molecule has 0 atom stereocenters. The number of alkyl halides is 3. The van der Waals surface area contributed by atoms with Crippen LogP contribution in [0.2, 0.25) is 0 Å². The number of amides is 1. The van der Waals surface area contributed by atoms with E-state index in [9.17, 15) is 18.0 Å². The van der Waals surface area contributed by atoms with E-state index in [0.29, 0.717) is 11.1 Å². The number of hydrogen-bond acceptors (Lipinski definition) is 2. The van der Waals surface area contributed by atoms with Crippen LogP contribution in [-0.2, 0) is 17.4 Å². The van der Waals surface area contributed by atoms with Crippen LogP contribution in [0.25, 0.3) is 11.0 Å². The Labute approximate surface area is 136 Å². The molecule has 1 heterocycles. The second-order valence-electron chi connectivity index (χ2n) is 5.53. The number of anilines is 1. The van der Waals surface area contributed by atoms with Gasteiger partial charge in [0.2, 0.25) is 5.91 Å². The van der Waals surface area contributed by atoms with Crippen molar-refractivity contribution in [3.05, 3.63) is 65.4 Å². The molecule has 2 aromatic carbocycles. The Balaban J connectivity index is 1.82. The van der Waals surface area contributed by atoms with Crippen LogP contribution >= 0.6 is 0 Å². The molecule has 0 aliphatic rings. The lowest BCUT2D eigenvalue weighted by molar-refractivity contribution is -0.137. The fourth-order valence-corrected chi connectivity index (χ4v) is 2.54. The highest BCUT2D eigenvalue weighted by atomic mass is 19.4. The van der Waals surface area contributed by atoms with Crippen molar-refractivity contribution >= 4 is 22.6 Å². The molecule has 0 radical (unpaired) electrons. The summed E-state index contributed by atoms with van der Waals surface area (Å²) in [5.41, 5.74) is 1.16. The van der Waals surface area contributed by atoms with E-state index in [2.05, 4.69) is 5.32 Å². The molecule has 0 spiro atoms. The van der Waals surface area contributed by atoms with Gasteiger partial charge < -0.3 is 9.73 Å². The fraction of sp³-hybridized carbons (Fsp3) is 0.167. The minimum atomic E-state index is -4.52. The second kappa shape index (κ2) is 6.03. The molecule has 0 unspecified atom stereocenters. The van der Waals surface area contributed by atoms with Crippen LogP contribution in [0.5, 0.6) is 0 Å². The molecule has 0 bridgehead atoms. The van der Waals surface area contributed by atoms with Gasteiger partial charge in [-0.3, -0.25) is 4.79 Å². The molecule has 0 aliphatic heterocycles. The van der Waals surface area contributed by atoms with Gasteiger partial charge in [0.25, 0.3) is 0 Å². The Hall–Kier alpha value is -2.76. The lowest BCUT2D eigenvalue weighted by Gasteiger charge is -2.13. The van der Waals surface area contributed by atoms with E-state index < -0.39 is 17.6 Å². The van der Waals surface area contributed by atoms with Gasteiger partial charge in [0.15, 0.2) is 0 Å². The van der Waals surface area contributed by atoms with Gasteiger partial charge in [-0.1, -0.05) is 23.8 Å². The number of aryl methyl sites for hydroxylation is 1. The molecule has 1 amide bonds. The van der Waals surface area contributed by atoms with Gasteiger partial charge in [-0.05, 0) is 31.2 Å². The molecule has 3 rings (SSSR count). The van der Waals surface area contributed by atoms with Crippen molar-refractivity contribution in [1.82, 2.24) is 0 Å². The molecule has 0 fully saturated rings. The first-order valence-corrected chi connectivity index (χ1v) is 7.27. The summed E-state index contributed by atoms with van der Waals surface area (Å²) in [6.07, 6.45) is -3.13. The highest BCUT2D eigenvalue weighted by Crippen LogP contribution is 2.34. The highest BCUT2D eigenvalue weighted by molar-refractivity contribution is 5.96. The topological polar surface area (TPSA) is 42.2 Å². The number of para-hydroxylation sites is 1. The van der Waals surface area contributed by atoms with Crippen LogP contribution in [-0.4, -0.2) is 5.91 Å². The molecular formula is C18H14F3NO2. The van der Waals surface area contributed by atoms with Crippen molar-refractivity contribution < 1.29 is 22.4 Å². The molecule has 0 saturated heterocycles. The minimum Gasteiger partial charge on any atom is -0.464 e.